The SMILES string of the molecule is COC(=O)[C@@H]1Cc2cc3c(cc2CN1C(=O)OC(C)(C)C)O[C@@H](Cc1ccc(OCc2ccc(Cl)c(Cl)c2)cc1)C(=O)N3. The molecule has 0 saturated carbocycles. The van der Waals surface area contributed by atoms with Crippen LogP contribution in [0.5, 0.6) is 11.5 Å². The number of benzene rings is 3. The number of carbonyl (C=O) groups excluding carboxylic acids is 3. The Morgan fingerprint density at radius 3 is 2.40 bits per heavy atom. The number of fused-ring (bicyclic) bond motifs is 2. The molecule has 43 heavy (non-hydrogen) atoms. The van der Waals surface area contributed by atoms with Crippen LogP contribution in [0.25, 0.3) is 0 Å². The van der Waals surface area contributed by atoms with E-state index in [1.165, 1.54) is 12.0 Å². The summed E-state index contributed by atoms with van der Waals surface area (Å²) >= 11 is 12.1. The number of methoxy groups -OCH3 is 1. The van der Waals surface area contributed by atoms with Crippen molar-refractivity contribution in [2.24, 2.45) is 0 Å². The van der Waals surface area contributed by atoms with Crippen molar-refractivity contribution in [1.29, 1.82) is 0 Å². The van der Waals surface area contributed by atoms with Gasteiger partial charge in [-0.05, 0) is 79.4 Å². The van der Waals surface area contributed by atoms with E-state index in [2.05, 4.69) is 5.32 Å². The number of hydrogen-bond acceptors (Lipinski definition) is 7. The molecule has 226 valence electrons. The third kappa shape index (κ3) is 7.17. The monoisotopic (exact) mass is 626 g/mol. The van der Waals surface area contributed by atoms with Crippen LogP contribution in [0.2, 0.25) is 10.0 Å². The number of ether oxygens (including phenoxy) is 4. The number of nitrogens with zero attached hydrogens (tertiary/aromatic N) is 1. The van der Waals surface area contributed by atoms with E-state index in [0.717, 1.165) is 22.3 Å². The van der Waals surface area contributed by atoms with Gasteiger partial charge in [0.2, 0.25) is 0 Å². The number of amides is 2. The predicted molar refractivity (Wildman–Crippen MR) is 162 cm³/mol. The zero-order chi connectivity index (χ0) is 30.9. The van der Waals surface area contributed by atoms with Crippen LogP contribution in [0.3, 0.4) is 0 Å². The van der Waals surface area contributed by atoms with Crippen molar-refractivity contribution < 1.29 is 33.3 Å². The lowest BCUT2D eigenvalue weighted by Gasteiger charge is -2.37. The largest absolute Gasteiger partial charge is 0.489 e. The lowest BCUT2D eigenvalue weighted by molar-refractivity contribution is -0.147. The highest BCUT2D eigenvalue weighted by molar-refractivity contribution is 6.42. The molecule has 0 bridgehead atoms. The highest BCUT2D eigenvalue weighted by Gasteiger charge is 2.39. The molecule has 0 aliphatic carbocycles. The molecule has 3 aromatic carbocycles. The van der Waals surface area contributed by atoms with Crippen molar-refractivity contribution in [1.82, 2.24) is 4.90 Å². The van der Waals surface area contributed by atoms with Crippen LogP contribution in [0.1, 0.15) is 43.0 Å². The molecule has 3 aromatic rings. The summed E-state index contributed by atoms with van der Waals surface area (Å²) in [6, 6.07) is 15.5. The normalized spacial score (nSPS) is 17.6. The van der Waals surface area contributed by atoms with Crippen LogP contribution < -0.4 is 14.8 Å². The molecule has 9 nitrogen and oxygen atoms in total. The average Bonchev–Trinajstić information content (AvgIpc) is 2.96. The molecule has 11 heteroatoms. The number of hydrogen-bond donors (Lipinski definition) is 1. The van der Waals surface area contributed by atoms with Gasteiger partial charge < -0.3 is 24.3 Å². The number of halogens is 2. The van der Waals surface area contributed by atoms with Gasteiger partial charge in [0, 0.05) is 12.8 Å². The van der Waals surface area contributed by atoms with Gasteiger partial charge in [0.15, 0.2) is 6.10 Å². The zero-order valence-corrected chi connectivity index (χ0v) is 25.8. The first-order chi connectivity index (χ1) is 20.4. The van der Waals surface area contributed by atoms with Crippen LogP contribution >= 0.6 is 23.2 Å². The number of nitrogens with one attached hydrogen (secondary N) is 1. The fraction of sp³-hybridized carbons (Fsp3) is 0.344. The zero-order valence-electron chi connectivity index (χ0n) is 24.2. The lowest BCUT2D eigenvalue weighted by Crippen LogP contribution is -2.50. The quantitative estimate of drug-likeness (QED) is 0.318. The fourth-order valence-electron chi connectivity index (χ4n) is 4.96. The molecule has 2 aliphatic rings. The molecule has 5 rings (SSSR count). The van der Waals surface area contributed by atoms with E-state index in [4.69, 9.17) is 42.1 Å². The molecule has 0 aromatic heterocycles. The Hall–Kier alpha value is -3.95. The molecule has 2 amide bonds. The Labute approximate surface area is 259 Å². The minimum absolute atomic E-state index is 0.128. The second-order valence-corrected chi connectivity index (χ2v) is 12.3. The Bertz CT molecular complexity index is 1550. The predicted octanol–water partition coefficient (Wildman–Crippen LogP) is 6.35. The summed E-state index contributed by atoms with van der Waals surface area (Å²) in [5.41, 5.74) is 3.17. The first kappa shape index (κ1) is 30.5. The molecule has 0 fully saturated rings. The van der Waals surface area contributed by atoms with Crippen molar-refractivity contribution in [3.8, 4) is 11.5 Å². The van der Waals surface area contributed by atoms with Gasteiger partial charge >= 0.3 is 12.1 Å². The minimum Gasteiger partial charge on any atom is -0.489 e. The lowest BCUT2D eigenvalue weighted by atomic mass is 9.92. The van der Waals surface area contributed by atoms with Gasteiger partial charge in [-0.2, -0.15) is 0 Å². The molecule has 0 radical (unpaired) electrons. The molecule has 1 N–H and O–H groups in total. The van der Waals surface area contributed by atoms with Gasteiger partial charge in [0.1, 0.15) is 29.7 Å². The molecular weight excluding hydrogens is 595 g/mol. The third-order valence-corrected chi connectivity index (χ3v) is 7.83. The molecule has 2 heterocycles. The molecule has 0 saturated heterocycles. The summed E-state index contributed by atoms with van der Waals surface area (Å²) in [6.45, 7) is 5.75. The fourth-order valence-corrected chi connectivity index (χ4v) is 5.28. The second-order valence-electron chi connectivity index (χ2n) is 11.4. The van der Waals surface area contributed by atoms with Crippen molar-refractivity contribution in [2.75, 3.05) is 12.4 Å². The summed E-state index contributed by atoms with van der Waals surface area (Å²) in [5, 5.41) is 3.89. The van der Waals surface area contributed by atoms with Gasteiger partial charge in [-0.25, -0.2) is 9.59 Å². The van der Waals surface area contributed by atoms with Crippen molar-refractivity contribution in [3.63, 3.8) is 0 Å². The van der Waals surface area contributed by atoms with Crippen LogP contribution in [0.15, 0.2) is 54.6 Å². The summed E-state index contributed by atoms with van der Waals surface area (Å²) in [5.74, 6) is 0.342. The summed E-state index contributed by atoms with van der Waals surface area (Å²) in [7, 11) is 1.28. The Morgan fingerprint density at radius 2 is 1.72 bits per heavy atom. The van der Waals surface area contributed by atoms with E-state index in [1.54, 1.807) is 39.0 Å². The van der Waals surface area contributed by atoms with E-state index in [9.17, 15) is 14.4 Å². The Balaban J connectivity index is 1.27. The minimum atomic E-state index is -0.852. The summed E-state index contributed by atoms with van der Waals surface area (Å²) in [4.78, 5) is 39.9. The number of rotatable bonds is 6. The summed E-state index contributed by atoms with van der Waals surface area (Å²) < 4.78 is 22.5. The maximum absolute atomic E-state index is 13.0. The Morgan fingerprint density at radius 1 is 1.00 bits per heavy atom. The molecule has 2 atom stereocenters. The van der Waals surface area contributed by atoms with Crippen LogP contribution in [-0.4, -0.2) is 47.7 Å². The van der Waals surface area contributed by atoms with E-state index in [1.807, 2.05) is 36.4 Å². The van der Waals surface area contributed by atoms with Crippen molar-refractivity contribution in [3.05, 3.63) is 86.9 Å². The maximum atomic E-state index is 13.0. The van der Waals surface area contributed by atoms with Crippen LogP contribution in [-0.2, 0) is 45.1 Å². The highest BCUT2D eigenvalue weighted by Crippen LogP contribution is 2.37. The first-order valence-corrected chi connectivity index (χ1v) is 14.5. The average molecular weight is 628 g/mol. The van der Waals surface area contributed by atoms with Gasteiger partial charge in [-0.15, -0.1) is 0 Å². The van der Waals surface area contributed by atoms with Gasteiger partial charge in [0.25, 0.3) is 5.91 Å². The summed E-state index contributed by atoms with van der Waals surface area (Å²) in [6.07, 6.45) is -0.818. The van der Waals surface area contributed by atoms with Crippen molar-refractivity contribution >= 4 is 46.9 Å². The van der Waals surface area contributed by atoms with Gasteiger partial charge in [-0.3, -0.25) is 9.69 Å². The highest BCUT2D eigenvalue weighted by atomic mass is 35.5. The standard InChI is InChI=1S/C32H32Cl2N2O7/c1-32(2,3)43-31(39)36-16-21-15-27-25(13-20(21)14-26(36)30(38)40-4)35-29(37)28(42-27)12-18-5-8-22(9-6-18)41-17-19-7-10-23(33)24(34)11-19/h5-11,13,15,26,28H,12,14,16-17H2,1-4H3,(H,35,37)/t26-,28-/m0/s1. The van der Waals surface area contributed by atoms with Crippen LogP contribution in [0, 0.1) is 0 Å². The third-order valence-electron chi connectivity index (χ3n) is 7.09. The van der Waals surface area contributed by atoms with Gasteiger partial charge in [-0.1, -0.05) is 41.4 Å². The molecule has 0 unspecified atom stereocenters. The topological polar surface area (TPSA) is 103 Å². The molecule has 2 aliphatic heterocycles. The van der Waals surface area contributed by atoms with E-state index >= 15 is 0 Å². The van der Waals surface area contributed by atoms with Crippen molar-refractivity contribution in [2.45, 2.75) is 64.5 Å². The smallest absolute Gasteiger partial charge is 0.411 e. The van der Waals surface area contributed by atoms with E-state index in [0.29, 0.717) is 40.3 Å². The molecular formula is C32H32Cl2N2O7. The first-order valence-electron chi connectivity index (χ1n) is 13.8. The Kier molecular flexibility index (Phi) is 8.76. The maximum Gasteiger partial charge on any atom is 0.411 e. The van der Waals surface area contributed by atoms with Crippen LogP contribution in [0.4, 0.5) is 10.5 Å². The van der Waals surface area contributed by atoms with Gasteiger partial charge in [0.05, 0.1) is 29.4 Å². The second kappa shape index (κ2) is 12.3. The van der Waals surface area contributed by atoms with E-state index < -0.39 is 29.8 Å². The van der Waals surface area contributed by atoms with E-state index in [-0.39, 0.29) is 18.9 Å². The number of anilines is 1. The molecule has 0 spiro atoms. The number of carbonyl (C=O) groups is 3. The number of esters is 1.